The number of rotatable bonds is 2. The van der Waals surface area contributed by atoms with Gasteiger partial charge in [-0.05, 0) is 35.7 Å². The Hall–Kier alpha value is -2.14. The molecular formula is C17H16BrN3O. The molecule has 0 saturated carbocycles. The van der Waals surface area contributed by atoms with Gasteiger partial charge in [0.2, 0.25) is 5.95 Å². The number of aromatic nitrogens is 2. The highest BCUT2D eigenvalue weighted by atomic mass is 79.9. The average molecular weight is 358 g/mol. The predicted octanol–water partition coefficient (Wildman–Crippen LogP) is 3.85. The SMILES string of the molecule is CC(C)c1ccccc1-n1c(N)nc2ccc(Br)cc2c1=O. The highest BCUT2D eigenvalue weighted by molar-refractivity contribution is 9.10. The van der Waals surface area contributed by atoms with Crippen molar-refractivity contribution in [1.82, 2.24) is 9.55 Å². The number of hydrogen-bond donors (Lipinski definition) is 1. The molecule has 0 amide bonds. The van der Waals surface area contributed by atoms with Crippen LogP contribution in [0.3, 0.4) is 0 Å². The van der Waals surface area contributed by atoms with Crippen LogP contribution in [-0.4, -0.2) is 9.55 Å². The van der Waals surface area contributed by atoms with Crippen LogP contribution < -0.4 is 11.3 Å². The first-order valence-electron chi connectivity index (χ1n) is 7.06. The molecule has 0 aliphatic carbocycles. The van der Waals surface area contributed by atoms with Gasteiger partial charge < -0.3 is 5.73 Å². The lowest BCUT2D eigenvalue weighted by Gasteiger charge is -2.16. The summed E-state index contributed by atoms with van der Waals surface area (Å²) in [4.78, 5) is 17.3. The maximum atomic E-state index is 12.9. The highest BCUT2D eigenvalue weighted by Gasteiger charge is 2.15. The van der Waals surface area contributed by atoms with Gasteiger partial charge in [0.15, 0.2) is 0 Å². The summed E-state index contributed by atoms with van der Waals surface area (Å²) < 4.78 is 2.33. The maximum absolute atomic E-state index is 12.9. The van der Waals surface area contributed by atoms with Crippen molar-refractivity contribution < 1.29 is 0 Å². The van der Waals surface area contributed by atoms with E-state index in [1.54, 1.807) is 12.1 Å². The Balaban J connectivity index is 2.39. The van der Waals surface area contributed by atoms with Crippen LogP contribution in [0.5, 0.6) is 0 Å². The molecule has 1 aromatic heterocycles. The summed E-state index contributed by atoms with van der Waals surface area (Å²) >= 11 is 3.40. The Kier molecular flexibility index (Phi) is 3.74. The number of benzene rings is 2. The third kappa shape index (κ3) is 2.41. The quantitative estimate of drug-likeness (QED) is 0.757. The van der Waals surface area contributed by atoms with Gasteiger partial charge in [0.25, 0.3) is 5.56 Å². The van der Waals surface area contributed by atoms with Crippen LogP contribution in [0.4, 0.5) is 5.95 Å². The van der Waals surface area contributed by atoms with Crippen LogP contribution >= 0.6 is 15.9 Å². The average Bonchev–Trinajstić information content (AvgIpc) is 2.48. The second-order valence-electron chi connectivity index (χ2n) is 5.49. The molecule has 5 heteroatoms. The van der Waals surface area contributed by atoms with Crippen molar-refractivity contribution in [3.63, 3.8) is 0 Å². The fourth-order valence-corrected chi connectivity index (χ4v) is 2.95. The van der Waals surface area contributed by atoms with E-state index in [-0.39, 0.29) is 17.4 Å². The van der Waals surface area contributed by atoms with Gasteiger partial charge in [-0.3, -0.25) is 4.79 Å². The summed E-state index contributed by atoms with van der Waals surface area (Å²) in [6, 6.07) is 13.2. The summed E-state index contributed by atoms with van der Waals surface area (Å²) in [5.74, 6) is 0.480. The smallest absolute Gasteiger partial charge is 0.267 e. The Bertz CT molecular complexity index is 915. The maximum Gasteiger partial charge on any atom is 0.267 e. The Labute approximate surface area is 136 Å². The van der Waals surface area contributed by atoms with E-state index < -0.39 is 0 Å². The number of fused-ring (bicyclic) bond motifs is 1. The minimum Gasteiger partial charge on any atom is -0.369 e. The molecule has 0 saturated heterocycles. The zero-order valence-corrected chi connectivity index (χ0v) is 14.0. The van der Waals surface area contributed by atoms with E-state index in [2.05, 4.69) is 34.8 Å². The van der Waals surface area contributed by atoms with E-state index in [9.17, 15) is 4.79 Å². The van der Waals surface area contributed by atoms with E-state index in [4.69, 9.17) is 5.73 Å². The molecule has 1 heterocycles. The first-order chi connectivity index (χ1) is 10.5. The van der Waals surface area contributed by atoms with Crippen LogP contribution in [0.1, 0.15) is 25.3 Å². The fraction of sp³-hybridized carbons (Fsp3) is 0.176. The highest BCUT2D eigenvalue weighted by Crippen LogP contribution is 2.24. The molecule has 3 rings (SSSR count). The molecule has 112 valence electrons. The monoisotopic (exact) mass is 357 g/mol. The van der Waals surface area contributed by atoms with Crippen LogP contribution in [0.25, 0.3) is 16.6 Å². The first kappa shape index (κ1) is 14.8. The molecule has 0 atom stereocenters. The zero-order valence-electron chi connectivity index (χ0n) is 12.4. The van der Waals surface area contributed by atoms with E-state index in [1.165, 1.54) is 4.57 Å². The van der Waals surface area contributed by atoms with Crippen molar-refractivity contribution >= 4 is 32.8 Å². The molecule has 4 nitrogen and oxygen atoms in total. The lowest BCUT2D eigenvalue weighted by atomic mass is 10.0. The number of nitrogen functional groups attached to an aromatic ring is 1. The Morgan fingerprint density at radius 3 is 2.64 bits per heavy atom. The van der Waals surface area contributed by atoms with Crippen molar-refractivity contribution in [3.05, 3.63) is 62.9 Å². The number of hydrogen-bond acceptors (Lipinski definition) is 3. The molecular weight excluding hydrogens is 342 g/mol. The van der Waals surface area contributed by atoms with Crippen molar-refractivity contribution in [2.75, 3.05) is 5.73 Å². The van der Waals surface area contributed by atoms with Crippen LogP contribution in [0, 0.1) is 0 Å². The molecule has 0 aliphatic heterocycles. The second-order valence-corrected chi connectivity index (χ2v) is 6.40. The van der Waals surface area contributed by atoms with Gasteiger partial charge in [-0.1, -0.05) is 48.0 Å². The normalized spacial score (nSPS) is 11.3. The summed E-state index contributed by atoms with van der Waals surface area (Å²) in [5.41, 5.74) is 8.36. The van der Waals surface area contributed by atoms with Crippen molar-refractivity contribution in [3.8, 4) is 5.69 Å². The molecule has 0 unspecified atom stereocenters. The third-order valence-corrected chi connectivity index (χ3v) is 4.15. The van der Waals surface area contributed by atoms with E-state index in [0.717, 1.165) is 15.7 Å². The number of nitrogens with zero attached hydrogens (tertiary/aromatic N) is 2. The summed E-state index contributed by atoms with van der Waals surface area (Å²) in [6.45, 7) is 4.18. The summed E-state index contributed by atoms with van der Waals surface area (Å²) in [5, 5.41) is 0.544. The van der Waals surface area contributed by atoms with E-state index in [0.29, 0.717) is 10.9 Å². The predicted molar refractivity (Wildman–Crippen MR) is 93.5 cm³/mol. The van der Waals surface area contributed by atoms with Gasteiger partial charge in [0.05, 0.1) is 16.6 Å². The van der Waals surface area contributed by atoms with Crippen LogP contribution in [-0.2, 0) is 0 Å². The molecule has 0 bridgehead atoms. The van der Waals surface area contributed by atoms with Gasteiger partial charge in [-0.15, -0.1) is 0 Å². The molecule has 0 aliphatic rings. The Morgan fingerprint density at radius 2 is 1.91 bits per heavy atom. The minimum absolute atomic E-state index is 0.156. The lowest BCUT2D eigenvalue weighted by Crippen LogP contribution is -2.24. The van der Waals surface area contributed by atoms with Gasteiger partial charge in [0, 0.05) is 4.47 Å². The Morgan fingerprint density at radius 1 is 1.18 bits per heavy atom. The number of nitrogens with two attached hydrogens (primary N) is 1. The summed E-state index contributed by atoms with van der Waals surface area (Å²) in [6.07, 6.45) is 0. The van der Waals surface area contributed by atoms with Gasteiger partial charge in [-0.2, -0.15) is 0 Å². The van der Waals surface area contributed by atoms with Crippen LogP contribution in [0.2, 0.25) is 0 Å². The lowest BCUT2D eigenvalue weighted by molar-refractivity contribution is 0.839. The van der Waals surface area contributed by atoms with E-state index >= 15 is 0 Å². The molecule has 22 heavy (non-hydrogen) atoms. The van der Waals surface area contributed by atoms with Crippen molar-refractivity contribution in [2.24, 2.45) is 0 Å². The largest absolute Gasteiger partial charge is 0.369 e. The molecule has 3 aromatic rings. The minimum atomic E-state index is -0.156. The number of halogens is 1. The molecule has 2 aromatic carbocycles. The number of anilines is 1. The fourth-order valence-electron chi connectivity index (χ4n) is 2.59. The van der Waals surface area contributed by atoms with Gasteiger partial charge in [-0.25, -0.2) is 9.55 Å². The van der Waals surface area contributed by atoms with Crippen LogP contribution in [0.15, 0.2) is 51.7 Å². The van der Waals surface area contributed by atoms with Gasteiger partial charge >= 0.3 is 0 Å². The molecule has 0 fully saturated rings. The van der Waals surface area contributed by atoms with Crippen molar-refractivity contribution in [2.45, 2.75) is 19.8 Å². The second kappa shape index (κ2) is 5.57. The topological polar surface area (TPSA) is 60.9 Å². The summed E-state index contributed by atoms with van der Waals surface area (Å²) in [7, 11) is 0. The molecule has 0 radical (unpaired) electrons. The third-order valence-electron chi connectivity index (χ3n) is 3.66. The zero-order chi connectivity index (χ0) is 15.9. The number of para-hydroxylation sites is 1. The van der Waals surface area contributed by atoms with E-state index in [1.807, 2.05) is 30.3 Å². The molecule has 0 spiro atoms. The van der Waals surface area contributed by atoms with Crippen molar-refractivity contribution in [1.29, 1.82) is 0 Å². The van der Waals surface area contributed by atoms with Gasteiger partial charge in [0.1, 0.15) is 0 Å². The standard InChI is InChI=1S/C17H16BrN3O/c1-10(2)12-5-3-4-6-15(12)21-16(22)13-9-11(18)7-8-14(13)20-17(21)19/h3-10H,1-2H3,(H2,19,20). The first-order valence-corrected chi connectivity index (χ1v) is 7.85. The molecule has 2 N–H and O–H groups in total.